The highest BCUT2D eigenvalue weighted by Gasteiger charge is 2.16. The first-order chi connectivity index (χ1) is 6.83. The average molecular weight is 191 g/mol. The third-order valence-electron chi connectivity index (χ3n) is 2.98. The van der Waals surface area contributed by atoms with Gasteiger partial charge in [-0.15, -0.1) is 0 Å². The molecule has 2 nitrogen and oxygen atoms in total. The van der Waals surface area contributed by atoms with Crippen LogP contribution in [0.2, 0.25) is 0 Å². The molecule has 0 amide bonds. The van der Waals surface area contributed by atoms with Crippen molar-refractivity contribution in [2.45, 2.75) is 25.7 Å². The molecule has 2 heteroatoms. The van der Waals surface area contributed by atoms with Crippen LogP contribution >= 0.6 is 0 Å². The summed E-state index contributed by atoms with van der Waals surface area (Å²) in [6.07, 6.45) is 4.29. The number of benzene rings is 1. The molecular formula is C12H17NO. The van der Waals surface area contributed by atoms with E-state index in [1.54, 1.807) is 0 Å². The minimum absolute atomic E-state index is 0.551. The first kappa shape index (κ1) is 9.53. The molecule has 0 saturated heterocycles. The maximum atomic E-state index is 10.0. The molecule has 0 unspecified atom stereocenters. The van der Waals surface area contributed by atoms with Crippen molar-refractivity contribution in [1.82, 2.24) is 5.32 Å². The van der Waals surface area contributed by atoms with E-state index in [1.165, 1.54) is 17.5 Å². The number of aromatic hydroxyl groups is 1. The molecule has 1 aromatic carbocycles. The number of hydrogen-bond donors (Lipinski definition) is 2. The van der Waals surface area contributed by atoms with Gasteiger partial charge in [0.2, 0.25) is 0 Å². The number of phenolic OH excluding ortho intramolecular Hbond substituents is 1. The van der Waals surface area contributed by atoms with E-state index >= 15 is 0 Å². The highest BCUT2D eigenvalue weighted by atomic mass is 16.3. The van der Waals surface area contributed by atoms with Gasteiger partial charge in [-0.05, 0) is 56.0 Å². The van der Waals surface area contributed by atoms with Crippen LogP contribution in [0.1, 0.15) is 23.1 Å². The van der Waals surface area contributed by atoms with Gasteiger partial charge in [-0.2, -0.15) is 0 Å². The number of hydrogen-bond acceptors (Lipinski definition) is 2. The van der Waals surface area contributed by atoms with Crippen LogP contribution in [0.25, 0.3) is 0 Å². The Labute approximate surface area is 85.0 Å². The topological polar surface area (TPSA) is 32.3 Å². The van der Waals surface area contributed by atoms with Crippen LogP contribution in [0, 0.1) is 0 Å². The van der Waals surface area contributed by atoms with Gasteiger partial charge in [-0.3, -0.25) is 0 Å². The number of phenols is 1. The van der Waals surface area contributed by atoms with Crippen LogP contribution in [0.3, 0.4) is 0 Å². The summed E-state index contributed by atoms with van der Waals surface area (Å²) >= 11 is 0. The van der Waals surface area contributed by atoms with Gasteiger partial charge in [0, 0.05) is 0 Å². The molecule has 1 aliphatic carbocycles. The van der Waals surface area contributed by atoms with Crippen LogP contribution in [-0.4, -0.2) is 18.7 Å². The Morgan fingerprint density at radius 2 is 2.21 bits per heavy atom. The summed E-state index contributed by atoms with van der Waals surface area (Å²) < 4.78 is 0. The maximum Gasteiger partial charge on any atom is 0.122 e. The summed E-state index contributed by atoms with van der Waals surface area (Å²) in [4.78, 5) is 0. The quantitative estimate of drug-likeness (QED) is 0.761. The molecule has 1 aromatic rings. The van der Waals surface area contributed by atoms with E-state index in [2.05, 4.69) is 17.4 Å². The number of nitrogens with one attached hydrogen (secondary N) is 1. The summed E-state index contributed by atoms with van der Waals surface area (Å²) in [7, 11) is 1.93. The lowest BCUT2D eigenvalue weighted by Gasteiger charge is -2.08. The standard InChI is InChI=1S/C12H17NO/c1-13-8-7-10-6-5-9-3-2-4-11(9)12(10)14/h5-6,13-14H,2-4,7-8H2,1H3. The van der Waals surface area contributed by atoms with Crippen molar-refractivity contribution in [3.63, 3.8) is 0 Å². The summed E-state index contributed by atoms with van der Waals surface area (Å²) in [5, 5.41) is 13.1. The van der Waals surface area contributed by atoms with E-state index in [0.29, 0.717) is 5.75 Å². The molecular weight excluding hydrogens is 174 g/mol. The van der Waals surface area contributed by atoms with Crippen LogP contribution in [0.5, 0.6) is 5.75 Å². The van der Waals surface area contributed by atoms with Gasteiger partial charge in [0.05, 0.1) is 0 Å². The zero-order valence-electron chi connectivity index (χ0n) is 8.64. The van der Waals surface area contributed by atoms with E-state index in [0.717, 1.165) is 31.4 Å². The lowest BCUT2D eigenvalue weighted by Crippen LogP contribution is -2.10. The number of fused-ring (bicyclic) bond motifs is 1. The largest absolute Gasteiger partial charge is 0.507 e. The molecule has 14 heavy (non-hydrogen) atoms. The molecule has 1 aliphatic rings. The summed E-state index contributed by atoms with van der Waals surface area (Å²) in [6.45, 7) is 0.923. The van der Waals surface area contributed by atoms with E-state index in [4.69, 9.17) is 0 Å². The second-order valence-electron chi connectivity index (χ2n) is 3.92. The molecule has 0 saturated carbocycles. The first-order valence-electron chi connectivity index (χ1n) is 5.30. The number of likely N-dealkylation sites (N-methyl/N-ethyl adjacent to an activating group) is 1. The van der Waals surface area contributed by atoms with Crippen molar-refractivity contribution in [2.24, 2.45) is 0 Å². The van der Waals surface area contributed by atoms with Gasteiger partial charge in [0.25, 0.3) is 0 Å². The lowest BCUT2D eigenvalue weighted by molar-refractivity contribution is 0.461. The molecule has 2 rings (SSSR count). The molecule has 0 atom stereocenters. The Morgan fingerprint density at radius 3 is 3.00 bits per heavy atom. The molecule has 0 aromatic heterocycles. The van der Waals surface area contributed by atoms with Gasteiger partial charge in [0.15, 0.2) is 0 Å². The molecule has 0 bridgehead atoms. The maximum absolute atomic E-state index is 10.0. The van der Waals surface area contributed by atoms with Gasteiger partial charge in [0.1, 0.15) is 5.75 Å². The van der Waals surface area contributed by atoms with Gasteiger partial charge < -0.3 is 10.4 Å². The van der Waals surface area contributed by atoms with Gasteiger partial charge >= 0.3 is 0 Å². The van der Waals surface area contributed by atoms with Crippen molar-refractivity contribution in [3.8, 4) is 5.75 Å². The average Bonchev–Trinajstić information content (AvgIpc) is 2.66. The monoisotopic (exact) mass is 191 g/mol. The molecule has 0 heterocycles. The van der Waals surface area contributed by atoms with E-state index in [-0.39, 0.29) is 0 Å². The number of aryl methyl sites for hydroxylation is 1. The van der Waals surface area contributed by atoms with E-state index in [1.807, 2.05) is 7.05 Å². The predicted molar refractivity (Wildman–Crippen MR) is 57.8 cm³/mol. The third kappa shape index (κ3) is 1.62. The number of rotatable bonds is 3. The molecule has 0 spiro atoms. The summed E-state index contributed by atoms with van der Waals surface area (Å²) in [5.74, 6) is 0.551. The fourth-order valence-corrected chi connectivity index (χ4v) is 2.16. The van der Waals surface area contributed by atoms with Crippen LogP contribution in [-0.2, 0) is 19.3 Å². The van der Waals surface area contributed by atoms with Crippen LogP contribution < -0.4 is 5.32 Å². The molecule has 0 fully saturated rings. The second-order valence-corrected chi connectivity index (χ2v) is 3.92. The Kier molecular flexibility index (Phi) is 2.73. The van der Waals surface area contributed by atoms with Crippen molar-refractivity contribution >= 4 is 0 Å². The van der Waals surface area contributed by atoms with Crippen molar-refractivity contribution in [1.29, 1.82) is 0 Å². The summed E-state index contributed by atoms with van der Waals surface area (Å²) in [5.41, 5.74) is 3.62. The van der Waals surface area contributed by atoms with Crippen molar-refractivity contribution < 1.29 is 5.11 Å². The minimum atomic E-state index is 0.551. The fourth-order valence-electron chi connectivity index (χ4n) is 2.16. The normalized spacial score (nSPS) is 14.4. The van der Waals surface area contributed by atoms with E-state index in [9.17, 15) is 5.11 Å². The van der Waals surface area contributed by atoms with E-state index < -0.39 is 0 Å². The van der Waals surface area contributed by atoms with Crippen molar-refractivity contribution in [2.75, 3.05) is 13.6 Å². The van der Waals surface area contributed by atoms with Gasteiger partial charge in [-0.25, -0.2) is 0 Å². The highest BCUT2D eigenvalue weighted by Crippen LogP contribution is 2.32. The Balaban J connectivity index is 2.26. The third-order valence-corrected chi connectivity index (χ3v) is 2.98. The molecule has 0 aliphatic heterocycles. The van der Waals surface area contributed by atoms with Crippen LogP contribution in [0.4, 0.5) is 0 Å². The fraction of sp³-hybridized carbons (Fsp3) is 0.500. The summed E-state index contributed by atoms with van der Waals surface area (Å²) in [6, 6.07) is 4.24. The Hall–Kier alpha value is -1.02. The van der Waals surface area contributed by atoms with Crippen molar-refractivity contribution in [3.05, 3.63) is 28.8 Å². The zero-order valence-corrected chi connectivity index (χ0v) is 8.64. The first-order valence-corrected chi connectivity index (χ1v) is 5.30. The SMILES string of the molecule is CNCCc1ccc2c(c1O)CCC2. The minimum Gasteiger partial charge on any atom is -0.507 e. The molecule has 0 radical (unpaired) electrons. The highest BCUT2D eigenvalue weighted by molar-refractivity contribution is 5.47. The smallest absolute Gasteiger partial charge is 0.122 e. The zero-order chi connectivity index (χ0) is 9.97. The molecule has 76 valence electrons. The van der Waals surface area contributed by atoms with Gasteiger partial charge in [-0.1, -0.05) is 12.1 Å². The lowest BCUT2D eigenvalue weighted by atomic mass is 10.0. The Bertz CT molecular complexity index is 333. The van der Waals surface area contributed by atoms with Crippen LogP contribution in [0.15, 0.2) is 12.1 Å². The Morgan fingerprint density at radius 1 is 1.36 bits per heavy atom. The predicted octanol–water partition coefficient (Wildman–Crippen LogP) is 1.64. The second kappa shape index (κ2) is 4.01. The molecule has 2 N–H and O–H groups in total.